The van der Waals surface area contributed by atoms with Gasteiger partial charge in [0.15, 0.2) is 6.23 Å². The first-order chi connectivity index (χ1) is 9.51. The first kappa shape index (κ1) is 14.7. The molecule has 1 aromatic carbocycles. The van der Waals surface area contributed by atoms with E-state index in [-0.39, 0.29) is 18.7 Å². The molecule has 0 radical (unpaired) electrons. The minimum Gasteiger partial charge on any atom is -0.394 e. The van der Waals surface area contributed by atoms with Crippen LogP contribution >= 0.6 is 0 Å². The third-order valence-corrected chi connectivity index (χ3v) is 3.14. The number of aliphatic hydroxyl groups is 3. The maximum absolute atomic E-state index is 10.5. The third-order valence-electron chi connectivity index (χ3n) is 3.14. The number of nitrogens with zero attached hydrogens (tertiary/aromatic N) is 1. The summed E-state index contributed by atoms with van der Waals surface area (Å²) < 4.78 is 5.39. The lowest BCUT2D eigenvalue weighted by atomic mass is 10.0. The number of hydrogen-bond acceptors (Lipinski definition) is 7. The number of nitro groups is 1. The Labute approximate surface area is 114 Å². The summed E-state index contributed by atoms with van der Waals surface area (Å²) >= 11 is 0. The van der Waals surface area contributed by atoms with Gasteiger partial charge in [0.05, 0.1) is 23.7 Å². The van der Waals surface area contributed by atoms with Gasteiger partial charge in [0.2, 0.25) is 0 Å². The number of rotatable bonds is 4. The second-order valence-corrected chi connectivity index (χ2v) is 4.60. The molecule has 0 amide bonds. The van der Waals surface area contributed by atoms with Crippen LogP contribution in [0.1, 0.15) is 6.42 Å². The molecule has 8 nitrogen and oxygen atoms in total. The van der Waals surface area contributed by atoms with E-state index in [0.29, 0.717) is 5.69 Å². The van der Waals surface area contributed by atoms with Crippen LogP contribution in [-0.4, -0.2) is 51.4 Å². The molecule has 0 bridgehead atoms. The summed E-state index contributed by atoms with van der Waals surface area (Å²) in [6, 6.07) is 5.58. The molecule has 1 aliphatic rings. The molecule has 1 fully saturated rings. The van der Waals surface area contributed by atoms with Crippen LogP contribution in [0.25, 0.3) is 0 Å². The van der Waals surface area contributed by atoms with Crippen LogP contribution < -0.4 is 5.32 Å². The van der Waals surface area contributed by atoms with Crippen molar-refractivity contribution in [2.24, 2.45) is 0 Å². The maximum atomic E-state index is 10.5. The highest BCUT2D eigenvalue weighted by Gasteiger charge is 2.36. The van der Waals surface area contributed by atoms with Crippen molar-refractivity contribution >= 4 is 11.4 Å². The lowest BCUT2D eigenvalue weighted by molar-refractivity contribution is -0.384. The van der Waals surface area contributed by atoms with Crippen molar-refractivity contribution in [3.63, 3.8) is 0 Å². The molecular formula is C12H16N2O6. The Balaban J connectivity index is 2.05. The molecule has 0 spiro atoms. The van der Waals surface area contributed by atoms with Crippen molar-refractivity contribution < 1.29 is 25.0 Å². The molecular weight excluding hydrogens is 268 g/mol. The van der Waals surface area contributed by atoms with Crippen molar-refractivity contribution in [1.82, 2.24) is 0 Å². The zero-order valence-corrected chi connectivity index (χ0v) is 10.5. The number of nitrogens with one attached hydrogen (secondary N) is 1. The van der Waals surface area contributed by atoms with E-state index in [1.165, 1.54) is 24.3 Å². The van der Waals surface area contributed by atoms with Crippen molar-refractivity contribution in [1.29, 1.82) is 0 Å². The van der Waals surface area contributed by atoms with Gasteiger partial charge in [0.1, 0.15) is 6.10 Å². The second kappa shape index (κ2) is 6.14. The molecule has 1 saturated heterocycles. The van der Waals surface area contributed by atoms with Crippen LogP contribution in [0.15, 0.2) is 24.3 Å². The largest absolute Gasteiger partial charge is 0.394 e. The van der Waals surface area contributed by atoms with E-state index in [2.05, 4.69) is 5.32 Å². The molecule has 1 heterocycles. The third kappa shape index (κ3) is 3.23. The van der Waals surface area contributed by atoms with E-state index in [1.54, 1.807) is 0 Å². The first-order valence-electron chi connectivity index (χ1n) is 6.14. The van der Waals surface area contributed by atoms with Gasteiger partial charge >= 0.3 is 0 Å². The summed E-state index contributed by atoms with van der Waals surface area (Å²) in [5.74, 6) is 0. The number of ether oxygens (including phenoxy) is 1. The summed E-state index contributed by atoms with van der Waals surface area (Å²) in [6.45, 7) is -0.262. The molecule has 0 aliphatic carbocycles. The highest BCUT2D eigenvalue weighted by molar-refractivity contribution is 5.49. The quantitative estimate of drug-likeness (QED) is 0.447. The lowest BCUT2D eigenvalue weighted by Gasteiger charge is -2.37. The molecule has 2 rings (SSSR count). The number of non-ortho nitro benzene ring substituents is 1. The standard InChI is InChI=1S/C12H16N2O6/c15-6-9-5-10(16)11(17)12(20-9)13-7-1-3-8(4-2-7)14(18)19/h1-4,9-13,15-17H,5-6H2/t9-,10-,11-,12-/m1/s1. The van der Waals surface area contributed by atoms with Gasteiger partial charge < -0.3 is 25.4 Å². The van der Waals surface area contributed by atoms with Crippen LogP contribution in [0.5, 0.6) is 0 Å². The monoisotopic (exact) mass is 284 g/mol. The molecule has 0 saturated carbocycles. The van der Waals surface area contributed by atoms with Gasteiger partial charge in [-0.3, -0.25) is 10.1 Å². The smallest absolute Gasteiger partial charge is 0.269 e. The molecule has 1 aliphatic heterocycles. The Hall–Kier alpha value is -1.74. The molecule has 4 N–H and O–H groups in total. The minimum absolute atomic E-state index is 0.0473. The summed E-state index contributed by atoms with van der Waals surface area (Å²) in [7, 11) is 0. The fourth-order valence-corrected chi connectivity index (χ4v) is 2.03. The predicted octanol–water partition coefficient (Wildman–Crippen LogP) is -0.164. The van der Waals surface area contributed by atoms with E-state index in [0.717, 1.165) is 0 Å². The van der Waals surface area contributed by atoms with Gasteiger partial charge in [-0.15, -0.1) is 0 Å². The first-order valence-corrected chi connectivity index (χ1v) is 6.14. The molecule has 8 heteroatoms. The highest BCUT2D eigenvalue weighted by Crippen LogP contribution is 2.23. The SMILES string of the molecule is O=[N+]([O-])c1ccc(N[C@@H]2O[C@@H](CO)C[C@@H](O)[C@H]2O)cc1. The summed E-state index contributed by atoms with van der Waals surface area (Å²) in [6.07, 6.45) is -3.46. The molecule has 0 unspecified atom stereocenters. The van der Waals surface area contributed by atoms with E-state index >= 15 is 0 Å². The minimum atomic E-state index is -1.15. The fraction of sp³-hybridized carbons (Fsp3) is 0.500. The van der Waals surface area contributed by atoms with Crippen LogP contribution in [-0.2, 0) is 4.74 Å². The van der Waals surface area contributed by atoms with Crippen LogP contribution in [0.3, 0.4) is 0 Å². The Morgan fingerprint density at radius 1 is 1.35 bits per heavy atom. The van der Waals surface area contributed by atoms with E-state index in [4.69, 9.17) is 9.84 Å². The Kier molecular flexibility index (Phi) is 4.50. The van der Waals surface area contributed by atoms with Crippen molar-refractivity contribution in [2.75, 3.05) is 11.9 Å². The van der Waals surface area contributed by atoms with Gasteiger partial charge in [0.25, 0.3) is 5.69 Å². The van der Waals surface area contributed by atoms with Gasteiger partial charge in [-0.05, 0) is 12.1 Å². The highest BCUT2D eigenvalue weighted by atomic mass is 16.6. The Bertz CT molecular complexity index is 466. The number of nitro benzene ring substituents is 1. The predicted molar refractivity (Wildman–Crippen MR) is 69.1 cm³/mol. The zero-order valence-electron chi connectivity index (χ0n) is 10.5. The van der Waals surface area contributed by atoms with E-state index in [1.807, 2.05) is 0 Å². The normalized spacial score (nSPS) is 29.9. The summed E-state index contributed by atoms with van der Waals surface area (Å²) in [5, 5.41) is 41.9. The van der Waals surface area contributed by atoms with E-state index < -0.39 is 29.5 Å². The molecule has 1 aromatic rings. The summed E-state index contributed by atoms with van der Waals surface area (Å²) in [5.41, 5.74) is 0.458. The van der Waals surface area contributed by atoms with Gasteiger partial charge in [-0.1, -0.05) is 0 Å². The van der Waals surface area contributed by atoms with Crippen LogP contribution in [0.4, 0.5) is 11.4 Å². The van der Waals surface area contributed by atoms with Crippen molar-refractivity contribution in [3.8, 4) is 0 Å². The van der Waals surface area contributed by atoms with Crippen molar-refractivity contribution in [3.05, 3.63) is 34.4 Å². The number of benzene rings is 1. The molecule has 20 heavy (non-hydrogen) atoms. The number of aliphatic hydroxyl groups excluding tert-OH is 3. The number of anilines is 1. The second-order valence-electron chi connectivity index (χ2n) is 4.60. The van der Waals surface area contributed by atoms with Crippen LogP contribution in [0, 0.1) is 10.1 Å². The van der Waals surface area contributed by atoms with Crippen LogP contribution in [0.2, 0.25) is 0 Å². The van der Waals surface area contributed by atoms with Gasteiger partial charge in [-0.2, -0.15) is 0 Å². The summed E-state index contributed by atoms with van der Waals surface area (Å²) in [4.78, 5) is 10.0. The topological polar surface area (TPSA) is 125 Å². The zero-order chi connectivity index (χ0) is 14.7. The fourth-order valence-electron chi connectivity index (χ4n) is 2.03. The molecule has 4 atom stereocenters. The molecule has 110 valence electrons. The van der Waals surface area contributed by atoms with Gasteiger partial charge in [0, 0.05) is 24.2 Å². The van der Waals surface area contributed by atoms with Gasteiger partial charge in [-0.25, -0.2) is 0 Å². The Morgan fingerprint density at radius 2 is 2.00 bits per heavy atom. The average molecular weight is 284 g/mol. The van der Waals surface area contributed by atoms with Crippen molar-refractivity contribution in [2.45, 2.75) is 31.0 Å². The molecule has 0 aromatic heterocycles. The maximum Gasteiger partial charge on any atom is 0.269 e. The van der Waals surface area contributed by atoms with E-state index in [9.17, 15) is 20.3 Å². The lowest BCUT2D eigenvalue weighted by Crippen LogP contribution is -2.52. The number of hydrogen-bond donors (Lipinski definition) is 4. The Morgan fingerprint density at radius 3 is 2.55 bits per heavy atom. The average Bonchev–Trinajstić information content (AvgIpc) is 2.44.